The molecule has 9 nitrogen and oxygen atoms in total. The number of hydrogen-bond acceptors (Lipinski definition) is 10. The van der Waals surface area contributed by atoms with Crippen molar-refractivity contribution in [3.63, 3.8) is 0 Å². The number of aromatic nitrogens is 3. The summed E-state index contributed by atoms with van der Waals surface area (Å²) < 4.78 is 33.8. The van der Waals surface area contributed by atoms with Crippen LogP contribution in [0.5, 0.6) is 0 Å². The molecule has 1 aliphatic heterocycles. The topological polar surface area (TPSA) is 110 Å². The van der Waals surface area contributed by atoms with Crippen LogP contribution in [-0.2, 0) is 14.8 Å². The first-order valence-corrected chi connectivity index (χ1v) is 13.9. The molecule has 0 spiro atoms. The van der Waals surface area contributed by atoms with Gasteiger partial charge in [-0.3, -0.25) is 4.79 Å². The third-order valence-electron chi connectivity index (χ3n) is 4.59. The molecular weight excluding hydrogens is 466 g/mol. The number of amides is 1. The number of carbonyl (C=O) groups excluding carboxylic acids is 1. The SMILES string of the molecule is CCCCSc1nnc(SCC(=O)N2CCN(S(=O)(=O)c3c(C)noc3C)CC2)s1. The van der Waals surface area contributed by atoms with Gasteiger partial charge in [-0.25, -0.2) is 8.42 Å². The second kappa shape index (κ2) is 10.4. The molecular formula is C17H25N5O4S4. The van der Waals surface area contributed by atoms with Crippen molar-refractivity contribution >= 4 is 50.8 Å². The molecule has 1 saturated heterocycles. The first-order chi connectivity index (χ1) is 14.3. The average molecular weight is 492 g/mol. The van der Waals surface area contributed by atoms with Gasteiger partial charge in [0, 0.05) is 31.9 Å². The van der Waals surface area contributed by atoms with Crippen molar-refractivity contribution in [1.29, 1.82) is 0 Å². The van der Waals surface area contributed by atoms with E-state index in [-0.39, 0.29) is 35.4 Å². The molecule has 0 aromatic carbocycles. The van der Waals surface area contributed by atoms with Crippen molar-refractivity contribution in [2.24, 2.45) is 0 Å². The van der Waals surface area contributed by atoms with Crippen LogP contribution >= 0.6 is 34.9 Å². The van der Waals surface area contributed by atoms with Gasteiger partial charge in [-0.1, -0.05) is 53.4 Å². The number of hydrogen-bond donors (Lipinski definition) is 0. The molecule has 3 heterocycles. The summed E-state index contributed by atoms with van der Waals surface area (Å²) in [6, 6.07) is 0. The largest absolute Gasteiger partial charge is 0.360 e. The van der Waals surface area contributed by atoms with E-state index in [1.54, 1.807) is 30.5 Å². The van der Waals surface area contributed by atoms with Crippen molar-refractivity contribution in [2.45, 2.75) is 47.2 Å². The fourth-order valence-corrected chi connectivity index (χ4v) is 7.77. The molecule has 0 atom stereocenters. The zero-order valence-electron chi connectivity index (χ0n) is 17.2. The molecule has 13 heteroatoms. The van der Waals surface area contributed by atoms with Crippen LogP contribution in [0.4, 0.5) is 0 Å². The Morgan fingerprint density at radius 1 is 1.13 bits per heavy atom. The second-order valence-electron chi connectivity index (χ2n) is 6.76. The molecule has 0 unspecified atom stereocenters. The Kier molecular flexibility index (Phi) is 8.18. The maximum absolute atomic E-state index is 12.9. The Bertz CT molecular complexity index is 947. The minimum absolute atomic E-state index is 0.0234. The van der Waals surface area contributed by atoms with E-state index < -0.39 is 10.0 Å². The van der Waals surface area contributed by atoms with Crippen molar-refractivity contribution in [3.8, 4) is 0 Å². The highest BCUT2D eigenvalue weighted by Crippen LogP contribution is 2.29. The fourth-order valence-electron chi connectivity index (χ4n) is 2.98. The van der Waals surface area contributed by atoms with Gasteiger partial charge in [0.15, 0.2) is 14.4 Å². The first-order valence-electron chi connectivity index (χ1n) is 9.62. The molecule has 1 fully saturated rings. The highest BCUT2D eigenvalue weighted by atomic mass is 32.2. The predicted octanol–water partition coefficient (Wildman–Crippen LogP) is 2.66. The predicted molar refractivity (Wildman–Crippen MR) is 118 cm³/mol. The minimum Gasteiger partial charge on any atom is -0.360 e. The van der Waals surface area contributed by atoms with Gasteiger partial charge in [0.25, 0.3) is 0 Å². The van der Waals surface area contributed by atoms with Gasteiger partial charge in [-0.15, -0.1) is 10.2 Å². The number of sulfonamides is 1. The van der Waals surface area contributed by atoms with E-state index in [9.17, 15) is 13.2 Å². The van der Waals surface area contributed by atoms with Gasteiger partial charge in [0.2, 0.25) is 15.9 Å². The second-order valence-corrected chi connectivity index (χ2v) is 12.2. The number of nitrogens with zero attached hydrogens (tertiary/aromatic N) is 5. The Hall–Kier alpha value is -1.15. The zero-order chi connectivity index (χ0) is 21.7. The van der Waals surface area contributed by atoms with E-state index >= 15 is 0 Å². The summed E-state index contributed by atoms with van der Waals surface area (Å²) >= 11 is 4.58. The quantitative estimate of drug-likeness (QED) is 0.386. The minimum atomic E-state index is -3.68. The maximum Gasteiger partial charge on any atom is 0.248 e. The van der Waals surface area contributed by atoms with E-state index in [1.807, 2.05) is 0 Å². The van der Waals surface area contributed by atoms with E-state index in [4.69, 9.17) is 4.52 Å². The van der Waals surface area contributed by atoms with E-state index in [1.165, 1.54) is 27.4 Å². The zero-order valence-corrected chi connectivity index (χ0v) is 20.4. The molecule has 2 aromatic rings. The number of unbranched alkanes of at least 4 members (excludes halogenated alkanes) is 1. The lowest BCUT2D eigenvalue weighted by Crippen LogP contribution is -2.51. The van der Waals surface area contributed by atoms with E-state index in [0.29, 0.717) is 18.8 Å². The van der Waals surface area contributed by atoms with Gasteiger partial charge in [0.1, 0.15) is 10.6 Å². The Balaban J connectivity index is 1.49. The number of piperazine rings is 1. The summed E-state index contributed by atoms with van der Waals surface area (Å²) in [5.74, 6) is 1.55. The lowest BCUT2D eigenvalue weighted by molar-refractivity contribution is -0.129. The Morgan fingerprint density at radius 3 is 2.40 bits per heavy atom. The molecule has 0 bridgehead atoms. The fraction of sp³-hybridized carbons (Fsp3) is 0.647. The lowest BCUT2D eigenvalue weighted by atomic mass is 10.3. The number of thioether (sulfide) groups is 2. The number of aryl methyl sites for hydroxylation is 2. The van der Waals surface area contributed by atoms with Crippen LogP contribution < -0.4 is 0 Å². The van der Waals surface area contributed by atoms with Crippen LogP contribution in [0, 0.1) is 13.8 Å². The summed E-state index contributed by atoms with van der Waals surface area (Å²) in [5, 5.41) is 12.0. The standard InChI is InChI=1S/C17H25N5O4S4/c1-4-5-10-27-16-18-19-17(29-16)28-11-14(23)21-6-8-22(9-7-21)30(24,25)15-12(2)20-26-13(15)3/h4-11H2,1-3H3. The van der Waals surface area contributed by atoms with Crippen LogP contribution in [0.25, 0.3) is 0 Å². The average Bonchev–Trinajstić information content (AvgIpc) is 3.32. The normalized spacial score (nSPS) is 15.6. The highest BCUT2D eigenvalue weighted by molar-refractivity contribution is 8.03. The van der Waals surface area contributed by atoms with Crippen LogP contribution in [0.15, 0.2) is 18.1 Å². The Morgan fingerprint density at radius 2 is 1.80 bits per heavy atom. The van der Waals surface area contributed by atoms with Gasteiger partial charge in [-0.05, 0) is 20.3 Å². The molecule has 2 aromatic heterocycles. The third-order valence-corrected chi connectivity index (χ3v) is 9.99. The van der Waals surface area contributed by atoms with Gasteiger partial charge in [-0.2, -0.15) is 4.31 Å². The monoisotopic (exact) mass is 491 g/mol. The molecule has 0 radical (unpaired) electrons. The van der Waals surface area contributed by atoms with Crippen LogP contribution in [0.2, 0.25) is 0 Å². The van der Waals surface area contributed by atoms with Crippen molar-refractivity contribution in [2.75, 3.05) is 37.7 Å². The molecule has 30 heavy (non-hydrogen) atoms. The van der Waals surface area contributed by atoms with Gasteiger partial charge < -0.3 is 9.42 Å². The molecule has 1 amide bonds. The number of rotatable bonds is 9. The highest BCUT2D eigenvalue weighted by Gasteiger charge is 2.34. The van der Waals surface area contributed by atoms with E-state index in [0.717, 1.165) is 27.3 Å². The summed E-state index contributed by atoms with van der Waals surface area (Å²) in [6.07, 6.45) is 2.29. The molecule has 166 valence electrons. The molecule has 3 rings (SSSR count). The van der Waals surface area contributed by atoms with Crippen LogP contribution in [0.1, 0.15) is 31.2 Å². The lowest BCUT2D eigenvalue weighted by Gasteiger charge is -2.33. The molecule has 0 N–H and O–H groups in total. The van der Waals surface area contributed by atoms with Gasteiger partial charge in [0.05, 0.1) is 5.75 Å². The maximum atomic E-state index is 12.9. The van der Waals surface area contributed by atoms with E-state index in [2.05, 4.69) is 22.3 Å². The Labute approximate surface area is 189 Å². The summed E-state index contributed by atoms with van der Waals surface area (Å²) in [5.41, 5.74) is 0.353. The first kappa shape index (κ1) is 23.5. The summed E-state index contributed by atoms with van der Waals surface area (Å²) in [6.45, 7) is 6.57. The third kappa shape index (κ3) is 5.55. The molecule has 0 aliphatic carbocycles. The summed E-state index contributed by atoms with van der Waals surface area (Å²) in [4.78, 5) is 14.4. The van der Waals surface area contributed by atoms with Crippen molar-refractivity contribution < 1.29 is 17.7 Å². The molecule has 1 aliphatic rings. The van der Waals surface area contributed by atoms with Crippen LogP contribution in [-0.4, -0.2) is 76.6 Å². The smallest absolute Gasteiger partial charge is 0.248 e. The van der Waals surface area contributed by atoms with Crippen molar-refractivity contribution in [3.05, 3.63) is 11.5 Å². The van der Waals surface area contributed by atoms with Crippen molar-refractivity contribution in [1.82, 2.24) is 24.6 Å². The molecule has 0 saturated carbocycles. The van der Waals surface area contributed by atoms with Gasteiger partial charge >= 0.3 is 0 Å². The number of carbonyl (C=O) groups is 1. The van der Waals surface area contributed by atoms with Crippen LogP contribution in [0.3, 0.4) is 0 Å². The summed E-state index contributed by atoms with van der Waals surface area (Å²) in [7, 11) is -3.68.